The van der Waals surface area contributed by atoms with Gasteiger partial charge in [-0.2, -0.15) is 11.8 Å². The Kier molecular flexibility index (Phi) is 112. The zero-order valence-electron chi connectivity index (χ0n) is 15.4. The number of methoxy groups -OCH3 is 1. The minimum atomic E-state index is -2.67. The lowest BCUT2D eigenvalue weighted by Gasteiger charge is -2.05. The Morgan fingerprint density at radius 3 is 0.800 bits per heavy atom. The number of ketones is 1. The van der Waals surface area contributed by atoms with Crippen molar-refractivity contribution in [2.45, 2.75) is 78.7 Å². The lowest BCUT2D eigenvalue weighted by atomic mass is 10.0. The minimum absolute atomic E-state index is 0. The molecule has 0 aliphatic rings. The van der Waals surface area contributed by atoms with Gasteiger partial charge in [-0.05, 0) is 31.8 Å². The first-order valence-electron chi connectivity index (χ1n) is 5.99. The summed E-state index contributed by atoms with van der Waals surface area (Å²) in [7, 11) is 0.583. The number of Topliss-reactive ketones (excluding diaryl/α,β-unsaturated/α-hetero) is 1. The van der Waals surface area contributed by atoms with Crippen LogP contribution in [0.1, 0.15) is 78.7 Å². The standard InChI is InChI=1S/C5H12.C3H6O.C2H6O2S.C2H6O.C2H6S.5CH4/c1-5(2,3)4;1-3(2)4;1-5(2,3)4;2*1-3-2;;;;;/h1-4H3;1-2H3;1-2H3;2*1-2H3;5*1H4. The maximum Gasteiger partial charge on any atom is 0.144 e. The molecule has 0 bridgehead atoms. The summed E-state index contributed by atoms with van der Waals surface area (Å²) in [6, 6.07) is 0. The molecule has 0 aliphatic carbocycles. The number of hydrogen-bond donors (Lipinski definition) is 0. The zero-order valence-corrected chi connectivity index (χ0v) is 17.1. The second-order valence-electron chi connectivity index (χ2n) is 5.87. The van der Waals surface area contributed by atoms with Gasteiger partial charge >= 0.3 is 0 Å². The monoisotopic (exact) mass is 412 g/mol. The van der Waals surface area contributed by atoms with E-state index in [0.29, 0.717) is 5.41 Å². The van der Waals surface area contributed by atoms with Crippen molar-refractivity contribution in [3.63, 3.8) is 0 Å². The van der Waals surface area contributed by atoms with Crippen LogP contribution in [0.15, 0.2) is 0 Å². The van der Waals surface area contributed by atoms with Crippen molar-refractivity contribution in [3.8, 4) is 0 Å². The summed E-state index contributed by atoms with van der Waals surface area (Å²) in [6.07, 6.45) is 6.40. The van der Waals surface area contributed by atoms with Crippen molar-refractivity contribution in [3.05, 3.63) is 0 Å². The van der Waals surface area contributed by atoms with Gasteiger partial charge in [-0.25, -0.2) is 8.42 Å². The van der Waals surface area contributed by atoms with Gasteiger partial charge in [0.15, 0.2) is 0 Å². The Morgan fingerprint density at radius 2 is 0.800 bits per heavy atom. The van der Waals surface area contributed by atoms with E-state index in [4.69, 9.17) is 0 Å². The van der Waals surface area contributed by atoms with Crippen molar-refractivity contribution < 1.29 is 17.9 Å². The number of carbonyl (C=O) groups is 1. The van der Waals surface area contributed by atoms with Crippen molar-refractivity contribution in [2.75, 3.05) is 39.2 Å². The molecule has 0 spiro atoms. The molecule has 0 saturated heterocycles. The van der Waals surface area contributed by atoms with Gasteiger partial charge in [-0.1, -0.05) is 64.8 Å². The van der Waals surface area contributed by atoms with Crippen LogP contribution < -0.4 is 0 Å². The van der Waals surface area contributed by atoms with Crippen LogP contribution in [0, 0.1) is 5.41 Å². The molecule has 0 aromatic heterocycles. The van der Waals surface area contributed by atoms with Gasteiger partial charge in [0.1, 0.15) is 15.6 Å². The molecule has 6 heteroatoms. The fraction of sp³-hybridized carbons (Fsp3) is 0.947. The molecule has 0 N–H and O–H groups in total. The molecular formula is C19H56O4S2. The SMILES string of the molecule is C.C.C.C.C.CC(C)(C)C.CC(C)=O.COC.CS(C)(=O)=O.CSC. The second-order valence-corrected chi connectivity index (χ2v) is 8.97. The van der Waals surface area contributed by atoms with Crippen LogP contribution in [0.4, 0.5) is 0 Å². The highest BCUT2D eigenvalue weighted by molar-refractivity contribution is 7.97. The zero-order chi connectivity index (χ0) is 18.0. The smallest absolute Gasteiger partial charge is 0.144 e. The van der Waals surface area contributed by atoms with Gasteiger partial charge in [0.2, 0.25) is 0 Å². The lowest BCUT2D eigenvalue weighted by molar-refractivity contribution is -0.115. The normalized spacial score (nSPS) is 7.20. The third-order valence-electron chi connectivity index (χ3n) is 0. The van der Waals surface area contributed by atoms with E-state index in [1.807, 2.05) is 12.5 Å². The third-order valence-corrected chi connectivity index (χ3v) is 0. The number of rotatable bonds is 0. The van der Waals surface area contributed by atoms with Gasteiger partial charge in [0, 0.05) is 26.7 Å². The highest BCUT2D eigenvalue weighted by atomic mass is 32.2. The molecule has 4 nitrogen and oxygen atoms in total. The first-order valence-corrected chi connectivity index (χ1v) is 9.92. The molecule has 25 heavy (non-hydrogen) atoms. The number of hydrogen-bond acceptors (Lipinski definition) is 5. The molecule has 0 heterocycles. The van der Waals surface area contributed by atoms with Gasteiger partial charge in [0.05, 0.1) is 0 Å². The predicted molar refractivity (Wildman–Crippen MR) is 128 cm³/mol. The van der Waals surface area contributed by atoms with Crippen LogP contribution in [0.2, 0.25) is 0 Å². The van der Waals surface area contributed by atoms with Gasteiger partial charge in [-0.3, -0.25) is 0 Å². The molecule has 0 unspecified atom stereocenters. The second kappa shape index (κ2) is 43.9. The van der Waals surface area contributed by atoms with Crippen LogP contribution in [-0.2, 0) is 19.4 Å². The predicted octanol–water partition coefficient (Wildman–Crippen LogP) is 6.73. The maximum absolute atomic E-state index is 9.63. The number of sulfone groups is 1. The molecule has 0 aromatic carbocycles. The van der Waals surface area contributed by atoms with Crippen molar-refractivity contribution in [1.82, 2.24) is 0 Å². The minimum Gasteiger partial charge on any atom is -0.388 e. The third kappa shape index (κ3) is 2350000. The molecule has 0 rings (SSSR count). The molecule has 0 atom stereocenters. The lowest BCUT2D eigenvalue weighted by Crippen LogP contribution is -1.93. The Hall–Kier alpha value is -0.0700. The van der Waals surface area contributed by atoms with Crippen LogP contribution >= 0.6 is 11.8 Å². The van der Waals surface area contributed by atoms with E-state index >= 15 is 0 Å². The molecule has 0 fully saturated rings. The molecular weight excluding hydrogens is 356 g/mol. The van der Waals surface area contributed by atoms with Crippen LogP contribution in [0.3, 0.4) is 0 Å². The van der Waals surface area contributed by atoms with E-state index in [1.165, 1.54) is 13.8 Å². The summed E-state index contributed by atoms with van der Waals surface area (Å²) in [5, 5.41) is 0. The summed E-state index contributed by atoms with van der Waals surface area (Å²) >= 11 is 1.75. The van der Waals surface area contributed by atoms with Gasteiger partial charge in [-0.15, -0.1) is 0 Å². The van der Waals surface area contributed by atoms with Crippen molar-refractivity contribution in [1.29, 1.82) is 0 Å². The van der Waals surface area contributed by atoms with Crippen LogP contribution in [0.25, 0.3) is 0 Å². The van der Waals surface area contributed by atoms with Gasteiger partial charge in [0.25, 0.3) is 0 Å². The Morgan fingerprint density at radius 1 is 0.800 bits per heavy atom. The number of thioether (sulfide) groups is 1. The van der Waals surface area contributed by atoms with Crippen LogP contribution in [-0.4, -0.2) is 53.4 Å². The quantitative estimate of drug-likeness (QED) is 0.441. The summed E-state index contributed by atoms with van der Waals surface area (Å²) < 4.78 is 23.5. The average Bonchev–Trinajstić information content (AvgIpc) is 1.96. The Bertz CT molecular complexity index is 248. The maximum atomic E-state index is 9.63. The largest absolute Gasteiger partial charge is 0.388 e. The molecule has 168 valence electrons. The highest BCUT2D eigenvalue weighted by Crippen LogP contribution is 2.08. The fourth-order valence-electron chi connectivity index (χ4n) is 0. The summed E-state index contributed by atoms with van der Waals surface area (Å²) in [4.78, 5) is 9.44. The fourth-order valence-corrected chi connectivity index (χ4v) is 0. The van der Waals surface area contributed by atoms with Gasteiger partial charge < -0.3 is 9.53 Å². The van der Waals surface area contributed by atoms with E-state index in [1.54, 1.807) is 26.0 Å². The average molecular weight is 413 g/mol. The van der Waals surface area contributed by atoms with Crippen molar-refractivity contribution in [2.24, 2.45) is 5.41 Å². The first kappa shape index (κ1) is 64.0. The molecule has 0 radical (unpaired) electrons. The van der Waals surface area contributed by atoms with E-state index in [-0.39, 0.29) is 42.9 Å². The Balaban J connectivity index is -0.0000000136. The number of ether oxygens (including phenoxy) is 1. The van der Waals surface area contributed by atoms with Crippen LogP contribution in [0.5, 0.6) is 0 Å². The molecule has 0 amide bonds. The Labute approximate surface area is 168 Å². The number of carbonyl (C=O) groups excluding carboxylic acids is 1. The van der Waals surface area contributed by atoms with E-state index in [9.17, 15) is 13.2 Å². The van der Waals surface area contributed by atoms with E-state index in [2.05, 4.69) is 32.4 Å². The molecule has 0 saturated carbocycles. The van der Waals surface area contributed by atoms with E-state index < -0.39 is 9.84 Å². The first-order chi connectivity index (χ1) is 8.56. The topological polar surface area (TPSA) is 60.4 Å². The highest BCUT2D eigenvalue weighted by Gasteiger charge is 1.95. The molecule has 0 aromatic rings. The summed E-state index contributed by atoms with van der Waals surface area (Å²) in [5.74, 6) is 0.167. The summed E-state index contributed by atoms with van der Waals surface area (Å²) in [6.45, 7) is 11.8. The van der Waals surface area contributed by atoms with Crippen molar-refractivity contribution >= 4 is 27.4 Å². The molecule has 0 aliphatic heterocycles. The summed E-state index contributed by atoms with van der Waals surface area (Å²) in [5.41, 5.74) is 0.500. The van der Waals surface area contributed by atoms with E-state index in [0.717, 1.165) is 12.5 Å².